The summed E-state index contributed by atoms with van der Waals surface area (Å²) in [6.07, 6.45) is 7.31. The van der Waals surface area contributed by atoms with Gasteiger partial charge in [-0.15, -0.1) is 0 Å². The fourth-order valence-electron chi connectivity index (χ4n) is 4.01. The van der Waals surface area contributed by atoms with E-state index in [9.17, 15) is 4.79 Å². The summed E-state index contributed by atoms with van der Waals surface area (Å²) in [6.45, 7) is 5.18. The molecule has 0 aliphatic carbocycles. The third kappa shape index (κ3) is 3.15. The number of nitrogens with zero attached hydrogens (tertiary/aromatic N) is 5. The monoisotopic (exact) mass is 461 g/mol. The van der Waals surface area contributed by atoms with Gasteiger partial charge in [0.05, 0.1) is 30.0 Å². The lowest BCUT2D eigenvalue weighted by Gasteiger charge is -2.18. The summed E-state index contributed by atoms with van der Waals surface area (Å²) in [7, 11) is 0. The second-order valence-corrected chi connectivity index (χ2v) is 8.51. The van der Waals surface area contributed by atoms with Crippen molar-refractivity contribution in [1.29, 1.82) is 0 Å². The molecule has 4 aromatic rings. The molecule has 0 spiro atoms. The lowest BCUT2D eigenvalue weighted by atomic mass is 10.1. The van der Waals surface area contributed by atoms with Crippen molar-refractivity contribution in [3.8, 4) is 11.5 Å². The molecule has 7 heteroatoms. The average Bonchev–Trinajstić information content (AvgIpc) is 3.43. The topological polar surface area (TPSA) is 56.0 Å². The van der Waals surface area contributed by atoms with Gasteiger partial charge >= 0.3 is 0 Å². The summed E-state index contributed by atoms with van der Waals surface area (Å²) in [5.41, 5.74) is 6.00. The SMILES string of the molecule is Cc1ccc(-n2nc3c(c2-n2cccc2)CN(C(=O)c2cncc(Br)c2)C3)c(C)c1. The highest BCUT2D eigenvalue weighted by Crippen LogP contribution is 2.32. The maximum Gasteiger partial charge on any atom is 0.256 e. The first-order chi connectivity index (χ1) is 14.5. The Kier molecular flexibility index (Phi) is 4.55. The Hall–Kier alpha value is -3.19. The van der Waals surface area contributed by atoms with E-state index < -0.39 is 0 Å². The number of amides is 1. The van der Waals surface area contributed by atoms with E-state index in [0.717, 1.165) is 32.8 Å². The van der Waals surface area contributed by atoms with Crippen molar-refractivity contribution in [3.63, 3.8) is 0 Å². The fraction of sp³-hybridized carbons (Fsp3) is 0.174. The second kappa shape index (κ2) is 7.25. The number of benzene rings is 1. The maximum atomic E-state index is 13.0. The van der Waals surface area contributed by atoms with Crippen LogP contribution in [0.2, 0.25) is 0 Å². The van der Waals surface area contributed by atoms with E-state index in [2.05, 4.69) is 57.5 Å². The van der Waals surface area contributed by atoms with Gasteiger partial charge in [-0.1, -0.05) is 17.7 Å². The smallest absolute Gasteiger partial charge is 0.256 e. The second-order valence-electron chi connectivity index (χ2n) is 7.59. The molecule has 150 valence electrons. The van der Waals surface area contributed by atoms with Crippen LogP contribution in [0.3, 0.4) is 0 Å². The third-order valence-electron chi connectivity index (χ3n) is 5.40. The van der Waals surface area contributed by atoms with Crippen LogP contribution in [0.1, 0.15) is 32.7 Å². The molecule has 1 aromatic carbocycles. The Labute approximate surface area is 182 Å². The first-order valence-corrected chi connectivity index (χ1v) is 10.5. The van der Waals surface area contributed by atoms with Crippen molar-refractivity contribution < 1.29 is 4.79 Å². The van der Waals surface area contributed by atoms with Crippen LogP contribution in [0.5, 0.6) is 0 Å². The van der Waals surface area contributed by atoms with Gasteiger partial charge in [-0.05, 0) is 59.6 Å². The molecule has 1 aliphatic rings. The molecule has 1 aliphatic heterocycles. The van der Waals surface area contributed by atoms with Crippen molar-refractivity contribution in [1.82, 2.24) is 24.2 Å². The van der Waals surface area contributed by atoms with Gasteiger partial charge < -0.3 is 9.47 Å². The van der Waals surface area contributed by atoms with Crippen LogP contribution in [-0.4, -0.2) is 30.1 Å². The number of hydrogen-bond acceptors (Lipinski definition) is 3. The van der Waals surface area contributed by atoms with E-state index in [4.69, 9.17) is 5.10 Å². The Morgan fingerprint density at radius 2 is 1.87 bits per heavy atom. The number of pyridine rings is 1. The van der Waals surface area contributed by atoms with Gasteiger partial charge in [0.1, 0.15) is 5.82 Å². The summed E-state index contributed by atoms with van der Waals surface area (Å²) >= 11 is 3.39. The van der Waals surface area contributed by atoms with E-state index in [-0.39, 0.29) is 5.91 Å². The standard InChI is InChI=1S/C23H20BrN5O/c1-15-5-6-21(16(2)9-15)29-22(27-7-3-4-8-27)19-13-28(14-20(19)26-29)23(30)17-10-18(24)12-25-11-17/h3-12H,13-14H2,1-2H3. The molecule has 0 fully saturated rings. The molecule has 0 saturated carbocycles. The molecule has 4 heterocycles. The Morgan fingerprint density at radius 3 is 2.60 bits per heavy atom. The van der Waals surface area contributed by atoms with Crippen LogP contribution in [0.4, 0.5) is 0 Å². The van der Waals surface area contributed by atoms with Crippen molar-refractivity contribution in [2.24, 2.45) is 0 Å². The van der Waals surface area contributed by atoms with Crippen LogP contribution >= 0.6 is 15.9 Å². The van der Waals surface area contributed by atoms with Crippen molar-refractivity contribution in [2.75, 3.05) is 0 Å². The first kappa shape index (κ1) is 18.8. The molecule has 3 aromatic heterocycles. The molecule has 0 N–H and O–H groups in total. The van der Waals surface area contributed by atoms with E-state index in [0.29, 0.717) is 18.7 Å². The molecule has 1 amide bonds. The summed E-state index contributed by atoms with van der Waals surface area (Å²) in [5, 5.41) is 4.93. The Bertz CT molecular complexity index is 1260. The average molecular weight is 462 g/mol. The van der Waals surface area contributed by atoms with Crippen LogP contribution in [0.25, 0.3) is 11.5 Å². The van der Waals surface area contributed by atoms with Crippen molar-refractivity contribution in [3.05, 3.63) is 93.6 Å². The van der Waals surface area contributed by atoms with Gasteiger partial charge in [-0.3, -0.25) is 9.78 Å². The van der Waals surface area contributed by atoms with Crippen molar-refractivity contribution >= 4 is 21.8 Å². The summed E-state index contributed by atoms with van der Waals surface area (Å²) in [5.74, 6) is 0.933. The van der Waals surface area contributed by atoms with Gasteiger partial charge in [0.15, 0.2) is 0 Å². The van der Waals surface area contributed by atoms with Gasteiger partial charge in [-0.25, -0.2) is 4.68 Å². The zero-order valence-corrected chi connectivity index (χ0v) is 18.3. The highest BCUT2D eigenvalue weighted by Gasteiger charge is 2.32. The minimum absolute atomic E-state index is 0.0432. The molecule has 5 rings (SSSR count). The first-order valence-electron chi connectivity index (χ1n) is 9.73. The minimum Gasteiger partial charge on any atom is -0.328 e. The summed E-state index contributed by atoms with van der Waals surface area (Å²) in [4.78, 5) is 19.0. The molecule has 0 bridgehead atoms. The van der Waals surface area contributed by atoms with Crippen LogP contribution < -0.4 is 0 Å². The van der Waals surface area contributed by atoms with Crippen LogP contribution in [0, 0.1) is 13.8 Å². The predicted molar refractivity (Wildman–Crippen MR) is 118 cm³/mol. The number of carbonyl (C=O) groups excluding carboxylic acids is 1. The molecule has 30 heavy (non-hydrogen) atoms. The van der Waals surface area contributed by atoms with Gasteiger partial charge in [0.25, 0.3) is 5.91 Å². The van der Waals surface area contributed by atoms with Gasteiger partial charge in [0.2, 0.25) is 0 Å². The number of rotatable bonds is 3. The molecule has 0 radical (unpaired) electrons. The number of fused-ring (bicyclic) bond motifs is 1. The normalized spacial score (nSPS) is 13.0. The van der Waals surface area contributed by atoms with Crippen LogP contribution in [-0.2, 0) is 13.1 Å². The van der Waals surface area contributed by atoms with Gasteiger partial charge in [-0.2, -0.15) is 5.10 Å². The highest BCUT2D eigenvalue weighted by molar-refractivity contribution is 9.10. The van der Waals surface area contributed by atoms with E-state index in [1.54, 1.807) is 18.5 Å². The van der Waals surface area contributed by atoms with Crippen LogP contribution in [0.15, 0.2) is 65.7 Å². The molecule has 0 unspecified atom stereocenters. The summed E-state index contributed by atoms with van der Waals surface area (Å²) < 4.78 is 4.86. The lowest BCUT2D eigenvalue weighted by Crippen LogP contribution is -2.26. The van der Waals surface area contributed by atoms with Gasteiger partial charge in [0, 0.05) is 34.8 Å². The predicted octanol–water partition coefficient (Wildman–Crippen LogP) is 4.59. The van der Waals surface area contributed by atoms with Crippen molar-refractivity contribution in [2.45, 2.75) is 26.9 Å². The number of hydrogen-bond donors (Lipinski definition) is 0. The largest absolute Gasteiger partial charge is 0.328 e. The molecular formula is C23H20BrN5O. The highest BCUT2D eigenvalue weighted by atomic mass is 79.9. The zero-order valence-electron chi connectivity index (χ0n) is 16.7. The van der Waals surface area contributed by atoms with E-state index >= 15 is 0 Å². The number of halogens is 1. The lowest BCUT2D eigenvalue weighted by molar-refractivity contribution is 0.0748. The molecular weight excluding hydrogens is 442 g/mol. The fourth-order valence-corrected chi connectivity index (χ4v) is 4.37. The minimum atomic E-state index is -0.0432. The number of aromatic nitrogens is 4. The quantitative estimate of drug-likeness (QED) is 0.448. The Balaban J connectivity index is 1.57. The third-order valence-corrected chi connectivity index (χ3v) is 5.83. The molecule has 0 atom stereocenters. The summed E-state index contributed by atoms with van der Waals surface area (Å²) in [6, 6.07) is 12.2. The molecule has 0 saturated heterocycles. The number of aryl methyl sites for hydroxylation is 2. The van der Waals surface area contributed by atoms with E-state index in [1.165, 1.54) is 5.56 Å². The zero-order chi connectivity index (χ0) is 20.8. The Morgan fingerprint density at radius 1 is 1.07 bits per heavy atom. The van der Waals surface area contributed by atoms with E-state index in [1.807, 2.05) is 34.1 Å². The maximum absolute atomic E-state index is 13.0. The number of carbonyl (C=O) groups is 1. The molecule has 6 nitrogen and oxygen atoms in total.